The standard InChI is InChI=1S/C44H28N4O2S/c49-51(50)40-25-11-10-23-36(40)47(32-20-8-3-9-21-32)39-28-38-34(26-41(39)51)33-22-12-18-30-19-13-24-37(43(30)33)48(38)42-27-35(29-14-4-1-5-15-29)45-44(46-42)31-16-6-2-7-17-31/h1-28H. The van der Waals surface area contributed by atoms with Crippen LogP contribution in [0.2, 0.25) is 0 Å². The molecule has 6 nitrogen and oxygen atoms in total. The van der Waals surface area contributed by atoms with E-state index < -0.39 is 9.84 Å². The van der Waals surface area contributed by atoms with Crippen molar-refractivity contribution in [2.45, 2.75) is 9.79 Å². The lowest BCUT2D eigenvalue weighted by Gasteiger charge is -2.37. The molecule has 51 heavy (non-hydrogen) atoms. The second-order valence-corrected chi connectivity index (χ2v) is 14.5. The molecule has 0 N–H and O–H groups in total. The third kappa shape index (κ3) is 4.52. The smallest absolute Gasteiger partial charge is 0.210 e. The number of benzene rings is 7. The zero-order valence-electron chi connectivity index (χ0n) is 27.2. The van der Waals surface area contributed by atoms with E-state index in [0.717, 1.165) is 55.8 Å². The maximum Gasteiger partial charge on any atom is 0.210 e. The van der Waals surface area contributed by atoms with Gasteiger partial charge in [0, 0.05) is 33.8 Å². The molecule has 0 amide bonds. The van der Waals surface area contributed by atoms with Gasteiger partial charge in [0.15, 0.2) is 5.82 Å². The average Bonchev–Trinajstić information content (AvgIpc) is 3.19. The number of rotatable bonds is 4. The van der Waals surface area contributed by atoms with Crippen molar-refractivity contribution in [3.8, 4) is 33.8 Å². The first-order valence-electron chi connectivity index (χ1n) is 16.8. The molecule has 10 rings (SSSR count). The van der Waals surface area contributed by atoms with Crippen molar-refractivity contribution in [2.75, 3.05) is 9.80 Å². The van der Waals surface area contributed by atoms with E-state index in [1.54, 1.807) is 12.1 Å². The molecule has 242 valence electrons. The maximum atomic E-state index is 14.5. The monoisotopic (exact) mass is 676 g/mol. The van der Waals surface area contributed by atoms with Gasteiger partial charge in [0.05, 0.1) is 38.2 Å². The molecule has 7 heteroatoms. The van der Waals surface area contributed by atoms with Crippen LogP contribution in [-0.4, -0.2) is 18.4 Å². The van der Waals surface area contributed by atoms with E-state index in [2.05, 4.69) is 52.3 Å². The number of nitrogens with zero attached hydrogens (tertiary/aromatic N) is 4. The Balaban J connectivity index is 1.31. The van der Waals surface area contributed by atoms with Gasteiger partial charge in [0.1, 0.15) is 5.82 Å². The average molecular weight is 677 g/mol. The number of para-hydroxylation sites is 2. The van der Waals surface area contributed by atoms with Crippen LogP contribution in [0.4, 0.5) is 34.3 Å². The summed E-state index contributed by atoms with van der Waals surface area (Å²) in [5.74, 6) is 1.27. The lowest BCUT2D eigenvalue weighted by molar-refractivity contribution is 0.595. The van der Waals surface area contributed by atoms with Gasteiger partial charge in [-0.05, 0) is 53.4 Å². The first-order chi connectivity index (χ1) is 25.1. The van der Waals surface area contributed by atoms with Gasteiger partial charge in [-0.1, -0.05) is 121 Å². The topological polar surface area (TPSA) is 66.4 Å². The quantitative estimate of drug-likeness (QED) is 0.185. The molecule has 1 aromatic heterocycles. The molecule has 0 radical (unpaired) electrons. The number of hydrogen-bond acceptors (Lipinski definition) is 6. The number of anilines is 6. The Hall–Kier alpha value is -6.57. The zero-order valence-corrected chi connectivity index (χ0v) is 28.0. The minimum absolute atomic E-state index is 0.262. The van der Waals surface area contributed by atoms with E-state index in [4.69, 9.17) is 9.97 Å². The largest absolute Gasteiger partial charge is 0.308 e. The van der Waals surface area contributed by atoms with Crippen molar-refractivity contribution in [3.05, 3.63) is 170 Å². The summed E-state index contributed by atoms with van der Waals surface area (Å²) in [5, 5.41) is 2.08. The van der Waals surface area contributed by atoms with E-state index in [1.165, 1.54) is 0 Å². The Labute approximate surface area is 295 Å². The van der Waals surface area contributed by atoms with E-state index in [1.807, 2.05) is 115 Å². The van der Waals surface area contributed by atoms with Gasteiger partial charge < -0.3 is 4.90 Å². The Morgan fingerprint density at radius 1 is 0.451 bits per heavy atom. The van der Waals surface area contributed by atoms with E-state index in [9.17, 15) is 8.42 Å². The molecule has 0 fully saturated rings. The Morgan fingerprint density at radius 2 is 1.10 bits per heavy atom. The van der Waals surface area contributed by atoms with E-state index in [0.29, 0.717) is 23.0 Å². The fourth-order valence-corrected chi connectivity index (χ4v) is 9.08. The van der Waals surface area contributed by atoms with E-state index in [-0.39, 0.29) is 9.79 Å². The van der Waals surface area contributed by atoms with Crippen LogP contribution in [0.25, 0.3) is 44.5 Å². The Kier molecular flexibility index (Phi) is 6.47. The fraction of sp³-hybridized carbons (Fsp3) is 0. The second kappa shape index (κ2) is 11.2. The first-order valence-corrected chi connectivity index (χ1v) is 18.2. The molecule has 0 unspecified atom stereocenters. The predicted octanol–water partition coefficient (Wildman–Crippen LogP) is 11.0. The number of hydrogen-bond donors (Lipinski definition) is 0. The van der Waals surface area contributed by atoms with Crippen molar-refractivity contribution in [1.29, 1.82) is 0 Å². The molecule has 7 aromatic carbocycles. The normalized spacial score (nSPS) is 13.7. The molecule has 0 saturated carbocycles. The van der Waals surface area contributed by atoms with Gasteiger partial charge >= 0.3 is 0 Å². The number of sulfone groups is 1. The Morgan fingerprint density at radius 3 is 1.86 bits per heavy atom. The van der Waals surface area contributed by atoms with Crippen LogP contribution in [0.15, 0.2) is 180 Å². The van der Waals surface area contributed by atoms with Gasteiger partial charge in [0.2, 0.25) is 9.84 Å². The van der Waals surface area contributed by atoms with Crippen molar-refractivity contribution >= 4 is 54.9 Å². The van der Waals surface area contributed by atoms with Crippen molar-refractivity contribution in [3.63, 3.8) is 0 Å². The van der Waals surface area contributed by atoms with Crippen LogP contribution >= 0.6 is 0 Å². The summed E-state index contributed by atoms with van der Waals surface area (Å²) in [5.41, 5.74) is 8.28. The summed E-state index contributed by atoms with van der Waals surface area (Å²) in [4.78, 5) is 15.1. The van der Waals surface area contributed by atoms with E-state index >= 15 is 0 Å². The van der Waals surface area contributed by atoms with Crippen LogP contribution in [0.3, 0.4) is 0 Å². The minimum Gasteiger partial charge on any atom is -0.308 e. The predicted molar refractivity (Wildman–Crippen MR) is 204 cm³/mol. The van der Waals surface area contributed by atoms with Crippen LogP contribution < -0.4 is 9.80 Å². The Bertz CT molecular complexity index is 2710. The van der Waals surface area contributed by atoms with Crippen molar-refractivity contribution < 1.29 is 8.42 Å². The zero-order chi connectivity index (χ0) is 34.1. The molecule has 8 aromatic rings. The summed E-state index contributed by atoms with van der Waals surface area (Å²) in [6.45, 7) is 0. The van der Waals surface area contributed by atoms with Crippen LogP contribution in [0.5, 0.6) is 0 Å². The third-order valence-corrected chi connectivity index (χ3v) is 11.5. The summed E-state index contributed by atoms with van der Waals surface area (Å²) >= 11 is 0. The van der Waals surface area contributed by atoms with Gasteiger partial charge in [-0.3, -0.25) is 4.90 Å². The molecule has 3 heterocycles. The summed E-state index contributed by atoms with van der Waals surface area (Å²) in [7, 11) is -3.88. The summed E-state index contributed by atoms with van der Waals surface area (Å²) < 4.78 is 29.1. The van der Waals surface area contributed by atoms with Gasteiger partial charge in [-0.2, -0.15) is 0 Å². The number of aromatic nitrogens is 2. The molecule has 2 aliphatic rings. The first kappa shape index (κ1) is 29.4. The summed E-state index contributed by atoms with van der Waals surface area (Å²) in [6.07, 6.45) is 0. The molecule has 0 atom stereocenters. The van der Waals surface area contributed by atoms with Gasteiger partial charge in [0.25, 0.3) is 0 Å². The fourth-order valence-electron chi connectivity index (χ4n) is 7.45. The maximum absolute atomic E-state index is 14.5. The van der Waals surface area contributed by atoms with Crippen LogP contribution in [0.1, 0.15) is 0 Å². The highest BCUT2D eigenvalue weighted by atomic mass is 32.2. The van der Waals surface area contributed by atoms with Crippen LogP contribution in [-0.2, 0) is 9.84 Å². The summed E-state index contributed by atoms with van der Waals surface area (Å²) in [6, 6.07) is 55.7. The van der Waals surface area contributed by atoms with Gasteiger partial charge in [-0.15, -0.1) is 0 Å². The molecule has 0 spiro atoms. The molecule has 0 bridgehead atoms. The minimum atomic E-state index is -3.88. The lowest BCUT2D eigenvalue weighted by Crippen LogP contribution is -2.24. The molecular formula is C44H28N4O2S. The second-order valence-electron chi connectivity index (χ2n) is 12.7. The number of fused-ring (bicyclic) bond motifs is 4. The third-order valence-electron chi connectivity index (χ3n) is 9.72. The highest BCUT2D eigenvalue weighted by molar-refractivity contribution is 7.92. The molecular weight excluding hydrogens is 649 g/mol. The molecule has 2 aliphatic heterocycles. The molecule has 0 saturated heterocycles. The highest BCUT2D eigenvalue weighted by Crippen LogP contribution is 2.56. The highest BCUT2D eigenvalue weighted by Gasteiger charge is 2.38. The van der Waals surface area contributed by atoms with Crippen molar-refractivity contribution in [1.82, 2.24) is 9.97 Å². The lowest BCUT2D eigenvalue weighted by atomic mass is 9.90. The van der Waals surface area contributed by atoms with Gasteiger partial charge in [-0.25, -0.2) is 18.4 Å². The molecule has 0 aliphatic carbocycles. The SMILES string of the molecule is O=S1(=O)c2ccccc2N(c2ccccc2)c2cc3c(cc21)-c1cccc2cccc(c12)N3c1cc(-c2ccccc2)nc(-c2ccccc2)n1. The van der Waals surface area contributed by atoms with Crippen LogP contribution in [0, 0.1) is 0 Å². The van der Waals surface area contributed by atoms with Crippen molar-refractivity contribution in [2.24, 2.45) is 0 Å².